The van der Waals surface area contributed by atoms with Gasteiger partial charge in [-0.3, -0.25) is 0 Å². The summed E-state index contributed by atoms with van der Waals surface area (Å²) in [4.78, 5) is 2.75. The number of hydrogen-bond acceptors (Lipinski definition) is 3. The van der Waals surface area contributed by atoms with E-state index in [4.69, 9.17) is 8.83 Å². The molecule has 3 aromatic heterocycles. The highest BCUT2D eigenvalue weighted by atomic mass is 16.3. The maximum atomic E-state index is 7.45. The molecule has 4 nitrogen and oxygen atoms in total. The number of anilines is 2. The first-order valence-corrected chi connectivity index (χ1v) is 28.3. The Bertz CT molecular complexity index is 4480. The van der Waals surface area contributed by atoms with E-state index in [2.05, 4.69) is 221 Å². The Balaban J connectivity index is 1.12. The molecule has 2 aliphatic heterocycles. The molecule has 5 heterocycles. The predicted molar refractivity (Wildman–Crippen MR) is 321 cm³/mol. The normalized spacial score (nSPS) is 18.9. The van der Waals surface area contributed by atoms with Crippen LogP contribution in [0.4, 0.5) is 11.4 Å². The first kappa shape index (κ1) is 45.2. The van der Waals surface area contributed by atoms with Gasteiger partial charge in [0.2, 0.25) is 0 Å². The van der Waals surface area contributed by atoms with Crippen LogP contribution in [0, 0.1) is 0 Å². The van der Waals surface area contributed by atoms with Gasteiger partial charge in [0.1, 0.15) is 22.3 Å². The monoisotopic (exact) mass is 991 g/mol. The first-order valence-electron chi connectivity index (χ1n) is 28.3. The van der Waals surface area contributed by atoms with E-state index in [-0.39, 0.29) is 39.3 Å². The van der Waals surface area contributed by atoms with Gasteiger partial charge in [-0.15, -0.1) is 0 Å². The van der Waals surface area contributed by atoms with Gasteiger partial charge in [-0.1, -0.05) is 151 Å². The fourth-order valence-corrected chi connectivity index (χ4v) is 15.7. The largest absolute Gasteiger partial charge is 0.456 e. The summed E-state index contributed by atoms with van der Waals surface area (Å²) < 4.78 is 17.0. The second kappa shape index (κ2) is 13.9. The van der Waals surface area contributed by atoms with Crippen molar-refractivity contribution in [3.63, 3.8) is 0 Å². The molecular formula is C71H67BN2O2. The highest BCUT2D eigenvalue weighted by molar-refractivity contribution is 6.94. The van der Waals surface area contributed by atoms with Crippen LogP contribution in [0.25, 0.3) is 93.6 Å². The van der Waals surface area contributed by atoms with Gasteiger partial charge < -0.3 is 18.2 Å². The van der Waals surface area contributed by atoms with Crippen molar-refractivity contribution >= 4 is 94.8 Å². The number of aromatic nitrogens is 1. The van der Waals surface area contributed by atoms with Gasteiger partial charge in [0.05, 0.1) is 16.4 Å². The van der Waals surface area contributed by atoms with Crippen molar-refractivity contribution in [2.75, 3.05) is 4.81 Å². The van der Waals surface area contributed by atoms with Gasteiger partial charge in [-0.2, -0.15) is 0 Å². The fraction of sp³-hybridized carbons (Fsp3) is 0.324. The molecule has 0 unspecified atom stereocenters. The summed E-state index contributed by atoms with van der Waals surface area (Å²) >= 11 is 0. The van der Waals surface area contributed by atoms with E-state index in [1.807, 2.05) is 0 Å². The second-order valence-corrected chi connectivity index (χ2v) is 28.2. The van der Waals surface area contributed by atoms with Gasteiger partial charge in [-0.05, 0) is 174 Å². The lowest BCUT2D eigenvalue weighted by atomic mass is 9.43. The Labute approximate surface area is 447 Å². The van der Waals surface area contributed by atoms with Gasteiger partial charge >= 0.3 is 6.85 Å². The number of fused-ring (bicyclic) bond motifs is 21. The van der Waals surface area contributed by atoms with Crippen LogP contribution < -0.4 is 15.7 Å². The van der Waals surface area contributed by atoms with Crippen molar-refractivity contribution < 1.29 is 8.83 Å². The van der Waals surface area contributed by atoms with Crippen molar-refractivity contribution in [1.29, 1.82) is 0 Å². The summed E-state index contributed by atoms with van der Waals surface area (Å²) in [5, 5.41) is 7.14. The van der Waals surface area contributed by atoms with E-state index in [1.165, 1.54) is 135 Å². The van der Waals surface area contributed by atoms with Gasteiger partial charge in [-0.25, -0.2) is 0 Å². The predicted octanol–water partition coefficient (Wildman–Crippen LogP) is 18.1. The fourth-order valence-electron chi connectivity index (χ4n) is 15.7. The van der Waals surface area contributed by atoms with Crippen LogP contribution in [0.5, 0.6) is 0 Å². The lowest BCUT2D eigenvalue weighted by Gasteiger charge is -2.43. The highest BCUT2D eigenvalue weighted by Crippen LogP contribution is 2.60. The summed E-state index contributed by atoms with van der Waals surface area (Å²) in [6, 6.07) is 47.7. The maximum Gasteiger partial charge on any atom is 0.333 e. The van der Waals surface area contributed by atoms with Gasteiger partial charge in [0.25, 0.3) is 0 Å². The van der Waals surface area contributed by atoms with E-state index in [9.17, 15) is 0 Å². The molecule has 0 bridgehead atoms. The minimum atomic E-state index is -0.241. The molecule has 0 N–H and O–H groups in total. The summed E-state index contributed by atoms with van der Waals surface area (Å²) in [6.07, 6.45) is 4.65. The lowest BCUT2D eigenvalue weighted by Crippen LogP contribution is -2.60. The molecule has 5 aliphatic rings. The number of hydrogen-bond donors (Lipinski definition) is 0. The Morgan fingerprint density at radius 3 is 1.71 bits per heavy atom. The van der Waals surface area contributed by atoms with Gasteiger partial charge in [0.15, 0.2) is 0 Å². The molecule has 0 amide bonds. The molecule has 0 spiro atoms. The van der Waals surface area contributed by atoms with Gasteiger partial charge in [0, 0.05) is 61.0 Å². The molecule has 0 saturated carbocycles. The smallest absolute Gasteiger partial charge is 0.333 e. The third kappa shape index (κ3) is 5.57. The molecule has 76 heavy (non-hydrogen) atoms. The molecule has 0 atom stereocenters. The van der Waals surface area contributed by atoms with Crippen LogP contribution in [0.2, 0.25) is 0 Å². The zero-order valence-electron chi connectivity index (χ0n) is 46.7. The lowest BCUT2D eigenvalue weighted by molar-refractivity contribution is 0.331. The van der Waals surface area contributed by atoms with E-state index in [0.717, 1.165) is 45.9 Å². The van der Waals surface area contributed by atoms with Crippen molar-refractivity contribution in [3.8, 4) is 27.9 Å². The topological polar surface area (TPSA) is 34.5 Å². The molecular weight excluding hydrogens is 924 g/mol. The molecule has 16 rings (SSSR count). The molecule has 376 valence electrons. The minimum absolute atomic E-state index is 0.00272. The van der Waals surface area contributed by atoms with Crippen LogP contribution in [-0.2, 0) is 32.5 Å². The van der Waals surface area contributed by atoms with E-state index in [1.54, 1.807) is 0 Å². The maximum absolute atomic E-state index is 7.45. The molecule has 0 radical (unpaired) electrons. The van der Waals surface area contributed by atoms with Crippen molar-refractivity contribution in [3.05, 3.63) is 160 Å². The van der Waals surface area contributed by atoms with E-state index in [0.29, 0.717) is 0 Å². The zero-order chi connectivity index (χ0) is 52.3. The molecule has 11 aromatic rings. The number of furan rings is 2. The first-order chi connectivity index (χ1) is 36.0. The molecule has 8 aromatic carbocycles. The van der Waals surface area contributed by atoms with Crippen LogP contribution >= 0.6 is 0 Å². The van der Waals surface area contributed by atoms with Crippen LogP contribution in [0.1, 0.15) is 155 Å². The Morgan fingerprint density at radius 2 is 1.04 bits per heavy atom. The third-order valence-corrected chi connectivity index (χ3v) is 20.4. The minimum Gasteiger partial charge on any atom is -0.456 e. The molecule has 3 aliphatic carbocycles. The number of rotatable bonds is 1. The van der Waals surface area contributed by atoms with Crippen LogP contribution in [0.3, 0.4) is 0 Å². The number of nitrogens with zero attached hydrogens (tertiary/aromatic N) is 2. The summed E-state index contributed by atoms with van der Waals surface area (Å²) in [6.45, 7) is 31.5. The molecule has 5 heteroatoms. The van der Waals surface area contributed by atoms with Crippen molar-refractivity contribution in [2.24, 2.45) is 0 Å². The summed E-state index contributed by atoms with van der Waals surface area (Å²) in [5.74, 6) is 0. The van der Waals surface area contributed by atoms with E-state index >= 15 is 0 Å². The second-order valence-electron chi connectivity index (χ2n) is 28.2. The average Bonchev–Trinajstić information content (AvgIpc) is 3.88. The zero-order valence-corrected chi connectivity index (χ0v) is 46.7. The highest BCUT2D eigenvalue weighted by Gasteiger charge is 2.50. The Morgan fingerprint density at radius 1 is 0.474 bits per heavy atom. The Hall–Kier alpha value is -6.98. The molecule has 0 fully saturated rings. The van der Waals surface area contributed by atoms with Crippen molar-refractivity contribution in [1.82, 2.24) is 4.57 Å². The Kier molecular flexibility index (Phi) is 8.30. The summed E-state index contributed by atoms with van der Waals surface area (Å²) in [5.41, 5.74) is 27.8. The van der Waals surface area contributed by atoms with Crippen molar-refractivity contribution in [2.45, 2.75) is 148 Å². The standard InChI is InChI=1S/C71H67BN2O2/c1-66(2,3)38-22-24-39(25-23-38)74-55-34-43-42-30-49-51(69(8,9)28-26-67(49,4)5)35-48(42)71(12,13)47(43)31-46(55)60-61-41-19-15-17-21-58(41)76-65(61)62-45-32-50-52(70(10,11)29-27-68(50,6)7)36-54(45)73-56-37-59-44(40-18-14-16-20-57(40)75-59)33-53(56)72(74)63(60)64(62)73/h14-25,30-37H,26-29H2,1-13H3. The SMILES string of the molecule is CC(C)(C)c1ccc(N2B3c4cc5c(cc4-n4c6cc7c(cc6c6c8oc9ccccc9c8c(c3c64)-c3cc4c(cc32)-c2cc3c(cc2C4(C)C)C(C)(C)CCC3(C)C)C(C)(C)CCC7(C)C)oc2ccccc25)cc1. The van der Waals surface area contributed by atoms with Crippen LogP contribution in [0.15, 0.2) is 130 Å². The number of benzene rings is 8. The molecule has 0 saturated heterocycles. The third-order valence-electron chi connectivity index (χ3n) is 20.4. The quantitative estimate of drug-likeness (QED) is 0.154. The van der Waals surface area contributed by atoms with E-state index < -0.39 is 0 Å². The number of para-hydroxylation sites is 2. The average molecular weight is 991 g/mol. The summed E-state index contributed by atoms with van der Waals surface area (Å²) in [7, 11) is 0. The van der Waals surface area contributed by atoms with Crippen LogP contribution in [-0.4, -0.2) is 11.4 Å².